The number of hydrogen-bond donors (Lipinski definition) is 1. The van der Waals surface area contributed by atoms with Gasteiger partial charge in [0.25, 0.3) is 0 Å². The molecule has 0 aliphatic carbocycles. The van der Waals surface area contributed by atoms with Gasteiger partial charge in [0.2, 0.25) is 17.0 Å². The van der Waals surface area contributed by atoms with Gasteiger partial charge in [0.05, 0.1) is 12.1 Å². The zero-order valence-electron chi connectivity index (χ0n) is 17.5. The molecule has 0 radical (unpaired) electrons. The van der Waals surface area contributed by atoms with Crippen LogP contribution in [0.2, 0.25) is 5.02 Å². The quantitative estimate of drug-likeness (QED) is 0.627. The van der Waals surface area contributed by atoms with Crippen molar-refractivity contribution in [2.75, 3.05) is 37.8 Å². The van der Waals surface area contributed by atoms with Gasteiger partial charge in [-0.3, -0.25) is 4.79 Å². The first-order chi connectivity index (χ1) is 14.9. The Labute approximate surface area is 190 Å². The largest absolute Gasteiger partial charge is 0.374 e. The van der Waals surface area contributed by atoms with Crippen molar-refractivity contribution in [3.63, 3.8) is 0 Å². The number of piperidine rings is 1. The molecule has 3 heterocycles. The van der Waals surface area contributed by atoms with Crippen molar-refractivity contribution in [3.05, 3.63) is 46.2 Å². The third kappa shape index (κ3) is 4.94. The lowest BCUT2D eigenvalue weighted by atomic mass is 9.90. The van der Waals surface area contributed by atoms with E-state index in [2.05, 4.69) is 15.2 Å². The maximum Gasteiger partial charge on any atom is 0.229 e. The van der Waals surface area contributed by atoms with Gasteiger partial charge < -0.3 is 15.5 Å². The number of carbonyl (C=O) groups excluding carboxylic acids is 1. The number of likely N-dealkylation sites (tertiary alicyclic amines) is 1. The van der Waals surface area contributed by atoms with Crippen molar-refractivity contribution < 1.29 is 4.79 Å². The van der Waals surface area contributed by atoms with Crippen LogP contribution in [0.15, 0.2) is 30.5 Å². The first-order valence-corrected chi connectivity index (χ1v) is 11.3. The molecule has 2 N–H and O–H groups in total. The van der Waals surface area contributed by atoms with E-state index in [1.54, 1.807) is 0 Å². The summed E-state index contributed by atoms with van der Waals surface area (Å²) in [7, 11) is 3.84. The lowest BCUT2D eigenvalue weighted by molar-refractivity contribution is -0.131. The third-order valence-electron chi connectivity index (χ3n) is 5.31. The van der Waals surface area contributed by atoms with Crippen LogP contribution in [0.5, 0.6) is 0 Å². The van der Waals surface area contributed by atoms with E-state index in [1.165, 1.54) is 11.3 Å². The van der Waals surface area contributed by atoms with Gasteiger partial charge in [0, 0.05) is 49.9 Å². The molecule has 1 atom stereocenters. The number of nitrogens with zero attached hydrogens (tertiary/aromatic N) is 6. The van der Waals surface area contributed by atoms with Crippen molar-refractivity contribution in [2.24, 2.45) is 0 Å². The van der Waals surface area contributed by atoms with Crippen molar-refractivity contribution in [3.8, 4) is 11.1 Å². The van der Waals surface area contributed by atoms with E-state index < -0.39 is 0 Å². The third-order valence-corrected chi connectivity index (χ3v) is 6.31. The van der Waals surface area contributed by atoms with Gasteiger partial charge in [-0.2, -0.15) is 0 Å². The van der Waals surface area contributed by atoms with Crippen molar-refractivity contribution in [1.82, 2.24) is 25.1 Å². The van der Waals surface area contributed by atoms with Gasteiger partial charge >= 0.3 is 0 Å². The van der Waals surface area contributed by atoms with Crippen LogP contribution in [0, 0.1) is 0 Å². The second kappa shape index (κ2) is 9.15. The molecule has 0 spiro atoms. The molecular weight excluding hydrogens is 434 g/mol. The van der Waals surface area contributed by atoms with Crippen LogP contribution >= 0.6 is 22.9 Å². The minimum Gasteiger partial charge on any atom is -0.374 e. The number of hydrogen-bond acceptors (Lipinski definition) is 8. The minimum absolute atomic E-state index is 0.0378. The number of nitrogen functional groups attached to an aromatic ring is 1. The molecule has 0 saturated carbocycles. The van der Waals surface area contributed by atoms with E-state index in [-0.39, 0.29) is 18.2 Å². The summed E-state index contributed by atoms with van der Waals surface area (Å²) in [5.41, 5.74) is 8.58. The molecule has 10 heteroatoms. The Morgan fingerprint density at radius 1 is 1.29 bits per heavy atom. The van der Waals surface area contributed by atoms with Crippen LogP contribution in [-0.2, 0) is 11.2 Å². The molecule has 0 bridgehead atoms. The molecule has 1 saturated heterocycles. The highest BCUT2D eigenvalue weighted by molar-refractivity contribution is 7.15. The summed E-state index contributed by atoms with van der Waals surface area (Å²) < 4.78 is 0. The fourth-order valence-electron chi connectivity index (χ4n) is 3.77. The first-order valence-electron chi connectivity index (χ1n) is 10.1. The summed E-state index contributed by atoms with van der Waals surface area (Å²) in [6, 6.07) is 7.69. The molecule has 1 fully saturated rings. The SMILES string of the molecule is CN(C)c1ncc(-c2ccc(Cl)cc2)c([C@H]2CCCN(C(=O)Cc3nnc(N)s3)C2)n1. The number of nitrogens with two attached hydrogens (primary N) is 1. The number of carbonyl (C=O) groups is 1. The van der Waals surface area contributed by atoms with Gasteiger partial charge in [0.1, 0.15) is 5.01 Å². The zero-order valence-corrected chi connectivity index (χ0v) is 19.0. The summed E-state index contributed by atoms with van der Waals surface area (Å²) in [6.45, 7) is 1.34. The molecular formula is C21H24ClN7OS. The maximum absolute atomic E-state index is 12.9. The van der Waals surface area contributed by atoms with Crippen LogP contribution in [0.1, 0.15) is 29.5 Å². The number of aromatic nitrogens is 4. The Kier molecular flexibility index (Phi) is 6.33. The normalized spacial score (nSPS) is 16.4. The molecule has 162 valence electrons. The first kappa shape index (κ1) is 21.5. The maximum atomic E-state index is 12.9. The fourth-order valence-corrected chi connectivity index (χ4v) is 4.50. The van der Waals surface area contributed by atoms with Gasteiger partial charge in [0.15, 0.2) is 0 Å². The second-order valence-corrected chi connectivity index (χ2v) is 9.29. The molecule has 31 heavy (non-hydrogen) atoms. The smallest absolute Gasteiger partial charge is 0.229 e. The Balaban J connectivity index is 1.61. The predicted molar refractivity (Wildman–Crippen MR) is 123 cm³/mol. The van der Waals surface area contributed by atoms with E-state index in [1.807, 2.05) is 54.4 Å². The van der Waals surface area contributed by atoms with Gasteiger partial charge in [-0.1, -0.05) is 35.1 Å². The Hall–Kier alpha value is -2.78. The molecule has 4 rings (SSSR count). The van der Waals surface area contributed by atoms with Crippen LogP contribution in [0.4, 0.5) is 11.1 Å². The molecule has 1 aromatic carbocycles. The molecule has 8 nitrogen and oxygen atoms in total. The monoisotopic (exact) mass is 457 g/mol. The van der Waals surface area contributed by atoms with E-state index in [9.17, 15) is 4.79 Å². The number of rotatable bonds is 5. The van der Waals surface area contributed by atoms with Crippen molar-refractivity contribution >= 4 is 39.9 Å². The van der Waals surface area contributed by atoms with Crippen LogP contribution < -0.4 is 10.6 Å². The van der Waals surface area contributed by atoms with Crippen LogP contribution in [-0.4, -0.2) is 58.2 Å². The highest BCUT2D eigenvalue weighted by Crippen LogP contribution is 2.34. The fraction of sp³-hybridized carbons (Fsp3) is 0.381. The van der Waals surface area contributed by atoms with E-state index in [4.69, 9.17) is 22.3 Å². The molecule has 1 aliphatic rings. The number of benzene rings is 1. The summed E-state index contributed by atoms with van der Waals surface area (Å²) in [4.78, 5) is 26.1. The Bertz CT molecular complexity index is 1070. The van der Waals surface area contributed by atoms with E-state index in [0.717, 1.165) is 36.2 Å². The average Bonchev–Trinajstić information content (AvgIpc) is 3.18. The van der Waals surface area contributed by atoms with Crippen molar-refractivity contribution in [1.29, 1.82) is 0 Å². The molecule has 2 aromatic heterocycles. The lowest BCUT2D eigenvalue weighted by Gasteiger charge is -2.33. The van der Waals surface area contributed by atoms with Crippen molar-refractivity contribution in [2.45, 2.75) is 25.2 Å². The molecule has 1 aliphatic heterocycles. The highest BCUT2D eigenvalue weighted by atomic mass is 35.5. The summed E-state index contributed by atoms with van der Waals surface area (Å²) in [6.07, 6.45) is 3.96. The number of amides is 1. The Morgan fingerprint density at radius 2 is 2.06 bits per heavy atom. The lowest BCUT2D eigenvalue weighted by Crippen LogP contribution is -2.40. The highest BCUT2D eigenvalue weighted by Gasteiger charge is 2.29. The minimum atomic E-state index is 0.0378. The Morgan fingerprint density at radius 3 is 2.74 bits per heavy atom. The van der Waals surface area contributed by atoms with E-state index >= 15 is 0 Å². The van der Waals surface area contributed by atoms with Gasteiger partial charge in [-0.05, 0) is 30.5 Å². The van der Waals surface area contributed by atoms with Crippen LogP contribution in [0.3, 0.4) is 0 Å². The molecule has 0 unspecified atom stereocenters. The predicted octanol–water partition coefficient (Wildman–Crippen LogP) is 3.25. The molecule has 1 amide bonds. The van der Waals surface area contributed by atoms with E-state index in [0.29, 0.717) is 27.7 Å². The standard InChI is InChI=1S/C21H24ClN7OS/c1-28(2)21-24-11-16(13-5-7-15(22)8-6-13)19(25-21)14-4-3-9-29(12-14)18(30)10-17-26-27-20(23)31-17/h5-8,11,14H,3-4,9-10,12H2,1-2H3,(H2,23,27)/t14-/m0/s1. The topological polar surface area (TPSA) is 101 Å². The second-order valence-electron chi connectivity index (χ2n) is 7.76. The van der Waals surface area contributed by atoms with Crippen LogP contribution in [0.25, 0.3) is 11.1 Å². The summed E-state index contributed by atoms with van der Waals surface area (Å²) >= 11 is 7.33. The molecule has 3 aromatic rings. The number of anilines is 2. The summed E-state index contributed by atoms with van der Waals surface area (Å²) in [5, 5.41) is 9.48. The average molecular weight is 458 g/mol. The van der Waals surface area contributed by atoms with Gasteiger partial charge in [-0.15, -0.1) is 10.2 Å². The summed E-state index contributed by atoms with van der Waals surface area (Å²) in [5.74, 6) is 0.806. The van der Waals surface area contributed by atoms with Gasteiger partial charge in [-0.25, -0.2) is 9.97 Å². The zero-order chi connectivity index (χ0) is 22.0. The number of halogens is 1.